The lowest BCUT2D eigenvalue weighted by Crippen LogP contribution is -2.27. The quantitative estimate of drug-likeness (QED) is 0.800. The van der Waals surface area contributed by atoms with E-state index >= 15 is 0 Å². The highest BCUT2D eigenvalue weighted by atomic mass is 79.9. The summed E-state index contributed by atoms with van der Waals surface area (Å²) in [5.41, 5.74) is 0.986. The molecule has 1 aromatic rings. The highest BCUT2D eigenvalue weighted by Gasteiger charge is 2.10. The van der Waals surface area contributed by atoms with Crippen LogP contribution in [-0.2, 0) is 11.3 Å². The number of alkyl halides is 1. The van der Waals surface area contributed by atoms with E-state index in [1.54, 1.807) is 19.1 Å². The topological polar surface area (TPSA) is 29.5 Å². The van der Waals surface area contributed by atoms with Gasteiger partial charge in [0.25, 0.3) is 0 Å². The molecular weight excluding hydrogens is 293 g/mol. The lowest BCUT2D eigenvalue weighted by Gasteiger charge is -2.17. The third-order valence-corrected chi connectivity index (χ3v) is 3.20. The molecule has 0 radical (unpaired) electrons. The summed E-state index contributed by atoms with van der Waals surface area (Å²) in [6, 6.07) is 5.65. The third kappa shape index (κ3) is 3.39. The van der Waals surface area contributed by atoms with Gasteiger partial charge in [-0.05, 0) is 23.8 Å². The Kier molecular flexibility index (Phi) is 5.09. The second-order valence-electron chi connectivity index (χ2n) is 3.34. The molecule has 0 heterocycles. The number of ether oxygens (including phenoxy) is 1. The van der Waals surface area contributed by atoms with Gasteiger partial charge in [0.15, 0.2) is 0 Å². The van der Waals surface area contributed by atoms with E-state index in [-0.39, 0.29) is 11.8 Å². The molecule has 88 valence electrons. The molecule has 0 aliphatic heterocycles. The largest absolute Gasteiger partial charge is 0.497 e. The number of carbonyl (C=O) groups is 1. The van der Waals surface area contributed by atoms with Crippen molar-refractivity contribution >= 4 is 33.4 Å². The Bertz CT molecular complexity index is 384. The maximum atomic E-state index is 11.3. The first-order valence-electron chi connectivity index (χ1n) is 4.70. The van der Waals surface area contributed by atoms with Crippen LogP contribution in [0.4, 0.5) is 0 Å². The second kappa shape index (κ2) is 6.11. The molecule has 1 aromatic carbocycles. The van der Waals surface area contributed by atoms with Crippen molar-refractivity contribution in [2.75, 3.05) is 20.0 Å². The highest BCUT2D eigenvalue weighted by molar-refractivity contribution is 9.10. The molecule has 5 heteroatoms. The first-order chi connectivity index (χ1) is 7.58. The Balaban J connectivity index is 2.83. The maximum Gasteiger partial charge on any atom is 0.237 e. The molecule has 3 nitrogen and oxygen atoms in total. The van der Waals surface area contributed by atoms with Gasteiger partial charge in [0.05, 0.1) is 7.11 Å². The van der Waals surface area contributed by atoms with Gasteiger partial charge in [0.2, 0.25) is 5.91 Å². The van der Waals surface area contributed by atoms with Crippen molar-refractivity contribution < 1.29 is 9.53 Å². The van der Waals surface area contributed by atoms with E-state index in [0.29, 0.717) is 6.54 Å². The van der Waals surface area contributed by atoms with E-state index in [1.807, 2.05) is 18.2 Å². The van der Waals surface area contributed by atoms with Crippen LogP contribution >= 0.6 is 27.5 Å². The van der Waals surface area contributed by atoms with Gasteiger partial charge >= 0.3 is 0 Å². The lowest BCUT2D eigenvalue weighted by atomic mass is 10.2. The van der Waals surface area contributed by atoms with Crippen LogP contribution in [0.2, 0.25) is 0 Å². The molecule has 1 amide bonds. The summed E-state index contributed by atoms with van der Waals surface area (Å²) in [4.78, 5) is 12.9. The van der Waals surface area contributed by atoms with Gasteiger partial charge in [-0.1, -0.05) is 15.9 Å². The van der Waals surface area contributed by atoms with E-state index in [2.05, 4.69) is 15.9 Å². The van der Waals surface area contributed by atoms with Crippen LogP contribution in [0.15, 0.2) is 22.7 Å². The molecule has 0 saturated carbocycles. The Morgan fingerprint density at radius 2 is 2.25 bits per heavy atom. The minimum Gasteiger partial charge on any atom is -0.497 e. The lowest BCUT2D eigenvalue weighted by molar-refractivity contribution is -0.127. The fourth-order valence-electron chi connectivity index (χ4n) is 1.24. The normalized spacial score (nSPS) is 10.0. The highest BCUT2D eigenvalue weighted by Crippen LogP contribution is 2.23. The van der Waals surface area contributed by atoms with Crippen molar-refractivity contribution in [2.45, 2.75) is 6.54 Å². The van der Waals surface area contributed by atoms with Gasteiger partial charge < -0.3 is 9.64 Å². The van der Waals surface area contributed by atoms with E-state index in [0.717, 1.165) is 15.8 Å². The number of carbonyl (C=O) groups excluding carboxylic acids is 1. The number of halogens is 2. The molecule has 1 rings (SSSR count). The number of amides is 1. The number of benzene rings is 1. The molecule has 0 saturated heterocycles. The van der Waals surface area contributed by atoms with Crippen LogP contribution in [0.25, 0.3) is 0 Å². The van der Waals surface area contributed by atoms with E-state index < -0.39 is 0 Å². The van der Waals surface area contributed by atoms with Crippen molar-refractivity contribution in [2.24, 2.45) is 0 Å². The van der Waals surface area contributed by atoms with Crippen LogP contribution in [0, 0.1) is 0 Å². The van der Waals surface area contributed by atoms with Crippen molar-refractivity contribution in [1.29, 1.82) is 0 Å². The van der Waals surface area contributed by atoms with Crippen LogP contribution in [0.5, 0.6) is 5.75 Å². The van der Waals surface area contributed by atoms with Gasteiger partial charge in [-0.15, -0.1) is 11.6 Å². The number of hydrogen-bond donors (Lipinski definition) is 0. The van der Waals surface area contributed by atoms with Crippen molar-refractivity contribution in [3.05, 3.63) is 28.2 Å². The molecular formula is C11H13BrClNO2. The molecule has 0 spiro atoms. The number of rotatable bonds is 4. The van der Waals surface area contributed by atoms with Crippen LogP contribution in [-0.4, -0.2) is 30.8 Å². The minimum absolute atomic E-state index is 0.00190. The van der Waals surface area contributed by atoms with Gasteiger partial charge in [-0.3, -0.25) is 4.79 Å². The summed E-state index contributed by atoms with van der Waals surface area (Å²) < 4.78 is 6.07. The summed E-state index contributed by atoms with van der Waals surface area (Å²) in [5.74, 6) is 0.666. The van der Waals surface area contributed by atoms with Crippen molar-refractivity contribution in [1.82, 2.24) is 4.90 Å². The zero-order valence-corrected chi connectivity index (χ0v) is 11.5. The number of nitrogens with zero attached hydrogens (tertiary/aromatic N) is 1. The second-order valence-corrected chi connectivity index (χ2v) is 4.46. The Hall–Kier alpha value is -0.740. The minimum atomic E-state index is -0.101. The van der Waals surface area contributed by atoms with Crippen LogP contribution in [0.3, 0.4) is 0 Å². The van der Waals surface area contributed by atoms with E-state index in [9.17, 15) is 4.79 Å². The molecule has 0 unspecified atom stereocenters. The average molecular weight is 307 g/mol. The molecule has 16 heavy (non-hydrogen) atoms. The van der Waals surface area contributed by atoms with Crippen molar-refractivity contribution in [3.8, 4) is 5.75 Å². The first kappa shape index (κ1) is 13.3. The Labute approximate surface area is 108 Å². The fourth-order valence-corrected chi connectivity index (χ4v) is 1.82. The summed E-state index contributed by atoms with van der Waals surface area (Å²) >= 11 is 8.92. The van der Waals surface area contributed by atoms with Gasteiger partial charge in [-0.25, -0.2) is 0 Å². The number of hydrogen-bond acceptors (Lipinski definition) is 2. The van der Waals surface area contributed by atoms with Crippen molar-refractivity contribution in [3.63, 3.8) is 0 Å². The average Bonchev–Trinajstić information content (AvgIpc) is 2.30. The van der Waals surface area contributed by atoms with Crippen LogP contribution in [0.1, 0.15) is 5.56 Å². The van der Waals surface area contributed by atoms with Gasteiger partial charge in [-0.2, -0.15) is 0 Å². The molecule has 0 aromatic heterocycles. The SMILES string of the molecule is COc1ccc(Br)c(CN(C)C(=O)CCl)c1. The summed E-state index contributed by atoms with van der Waals surface area (Å²) in [6.07, 6.45) is 0. The summed E-state index contributed by atoms with van der Waals surface area (Å²) in [5, 5.41) is 0. The standard InChI is InChI=1S/C11H13BrClNO2/c1-14(11(15)6-13)7-8-5-9(16-2)3-4-10(8)12/h3-5H,6-7H2,1-2H3. The number of methoxy groups -OCH3 is 1. The Morgan fingerprint density at radius 3 is 2.81 bits per heavy atom. The predicted molar refractivity (Wildman–Crippen MR) is 67.9 cm³/mol. The maximum absolute atomic E-state index is 11.3. The van der Waals surface area contributed by atoms with E-state index in [4.69, 9.17) is 16.3 Å². The van der Waals surface area contributed by atoms with E-state index in [1.165, 1.54) is 0 Å². The molecule has 0 fully saturated rings. The molecule has 0 bridgehead atoms. The smallest absolute Gasteiger partial charge is 0.237 e. The summed E-state index contributed by atoms with van der Waals surface area (Å²) in [6.45, 7) is 0.503. The van der Waals surface area contributed by atoms with Gasteiger partial charge in [0.1, 0.15) is 11.6 Å². The molecule has 0 N–H and O–H groups in total. The van der Waals surface area contributed by atoms with Crippen LogP contribution < -0.4 is 4.74 Å². The monoisotopic (exact) mass is 305 g/mol. The molecule has 0 aliphatic rings. The Morgan fingerprint density at radius 1 is 1.56 bits per heavy atom. The zero-order chi connectivity index (χ0) is 12.1. The first-order valence-corrected chi connectivity index (χ1v) is 6.03. The molecule has 0 atom stereocenters. The van der Waals surface area contributed by atoms with Gasteiger partial charge in [0, 0.05) is 18.1 Å². The molecule has 0 aliphatic carbocycles. The predicted octanol–water partition coefficient (Wildman–Crippen LogP) is 2.65. The zero-order valence-electron chi connectivity index (χ0n) is 9.17. The summed E-state index contributed by atoms with van der Waals surface area (Å²) in [7, 11) is 3.33. The third-order valence-electron chi connectivity index (χ3n) is 2.20. The fraction of sp³-hybridized carbons (Fsp3) is 0.364.